The average Bonchev–Trinajstić information content (AvgIpc) is 3.24. The van der Waals surface area contributed by atoms with Crippen LogP contribution in [0, 0.1) is 6.92 Å². The number of morpholine rings is 1. The van der Waals surface area contributed by atoms with E-state index < -0.39 is 23.1 Å². The minimum atomic E-state index is -0.896. The van der Waals surface area contributed by atoms with Crippen molar-refractivity contribution >= 4 is 57.6 Å². The fourth-order valence-electron chi connectivity index (χ4n) is 4.99. The second-order valence-electron chi connectivity index (χ2n) is 9.97. The largest absolute Gasteiger partial charge is 0.506 e. The highest BCUT2D eigenvalue weighted by atomic mass is 35.5. The van der Waals surface area contributed by atoms with Crippen LogP contribution in [0.2, 0.25) is 10.0 Å². The van der Waals surface area contributed by atoms with Gasteiger partial charge >= 0.3 is 0 Å². The van der Waals surface area contributed by atoms with Gasteiger partial charge < -0.3 is 35.3 Å². The molecular weight excluding hydrogens is 573 g/mol. The van der Waals surface area contributed by atoms with Crippen molar-refractivity contribution in [3.8, 4) is 16.9 Å². The Balaban J connectivity index is 1.49. The van der Waals surface area contributed by atoms with Gasteiger partial charge in [0.05, 0.1) is 45.1 Å². The minimum Gasteiger partial charge on any atom is -0.506 e. The Kier molecular flexibility index (Phi) is 7.64. The molecule has 214 valence electrons. The number of anilines is 2. The van der Waals surface area contributed by atoms with Crippen molar-refractivity contribution in [2.24, 2.45) is 5.73 Å². The van der Waals surface area contributed by atoms with Crippen molar-refractivity contribution in [3.63, 3.8) is 0 Å². The van der Waals surface area contributed by atoms with E-state index >= 15 is 0 Å². The Labute approximate surface area is 244 Å². The lowest BCUT2D eigenvalue weighted by Gasteiger charge is -2.36. The SMILES string of the molecule is Cc1nc2c(c(-c3cc(Cl)c(O)c(C(N)=O)c3)cn2CC(=O)Nc2cc(N3C[C@@H](C)O[C@@H](C)C3)ncc2Cl)c(=O)[nH]1. The number of amides is 2. The number of phenols is 1. The Morgan fingerprint density at radius 3 is 2.59 bits per heavy atom. The predicted molar refractivity (Wildman–Crippen MR) is 156 cm³/mol. The summed E-state index contributed by atoms with van der Waals surface area (Å²) in [7, 11) is 0. The molecule has 0 aliphatic carbocycles. The number of primary amides is 1. The molecule has 12 nitrogen and oxygen atoms in total. The highest BCUT2D eigenvalue weighted by Gasteiger charge is 2.25. The van der Waals surface area contributed by atoms with Crippen LogP contribution in [0.4, 0.5) is 11.5 Å². The van der Waals surface area contributed by atoms with E-state index in [9.17, 15) is 19.5 Å². The summed E-state index contributed by atoms with van der Waals surface area (Å²) in [6, 6.07) is 4.43. The molecule has 1 fully saturated rings. The maximum absolute atomic E-state index is 13.3. The number of hydrogen-bond acceptors (Lipinski definition) is 8. The number of ether oxygens (including phenoxy) is 1. The lowest BCUT2D eigenvalue weighted by Crippen LogP contribution is -2.45. The number of nitrogens with zero attached hydrogens (tertiary/aromatic N) is 4. The molecule has 1 saturated heterocycles. The van der Waals surface area contributed by atoms with Crippen LogP contribution in [0.5, 0.6) is 5.75 Å². The number of benzene rings is 1. The summed E-state index contributed by atoms with van der Waals surface area (Å²) < 4.78 is 7.31. The number of aromatic nitrogens is 4. The second-order valence-corrected chi connectivity index (χ2v) is 10.8. The summed E-state index contributed by atoms with van der Waals surface area (Å²) >= 11 is 12.5. The monoisotopic (exact) mass is 599 g/mol. The van der Waals surface area contributed by atoms with Gasteiger partial charge in [-0.3, -0.25) is 14.4 Å². The number of aromatic amines is 1. The number of aryl methyl sites for hydroxylation is 1. The summed E-state index contributed by atoms with van der Waals surface area (Å²) in [6.45, 7) is 6.65. The van der Waals surface area contributed by atoms with Gasteiger partial charge in [-0.2, -0.15) is 0 Å². The first-order valence-corrected chi connectivity index (χ1v) is 13.4. The van der Waals surface area contributed by atoms with E-state index in [0.717, 1.165) is 0 Å². The molecule has 2 amide bonds. The number of halogens is 2. The number of aromatic hydroxyl groups is 1. The zero-order valence-electron chi connectivity index (χ0n) is 22.4. The minimum absolute atomic E-state index is 0.0205. The van der Waals surface area contributed by atoms with Crippen LogP contribution in [-0.2, 0) is 16.1 Å². The van der Waals surface area contributed by atoms with Crippen molar-refractivity contribution in [3.05, 3.63) is 62.4 Å². The molecule has 5 N–H and O–H groups in total. The number of pyridine rings is 1. The number of carbonyl (C=O) groups excluding carboxylic acids is 2. The second kappa shape index (κ2) is 11.0. The summed E-state index contributed by atoms with van der Waals surface area (Å²) in [4.78, 5) is 51.7. The molecule has 1 aliphatic heterocycles. The summed E-state index contributed by atoms with van der Waals surface area (Å²) in [6.07, 6.45) is 3.07. The molecule has 0 radical (unpaired) electrons. The molecule has 4 aromatic rings. The molecule has 0 unspecified atom stereocenters. The van der Waals surface area contributed by atoms with Crippen LogP contribution < -0.4 is 21.5 Å². The van der Waals surface area contributed by atoms with Gasteiger partial charge in [0, 0.05) is 30.9 Å². The number of H-pyrrole nitrogens is 1. The van der Waals surface area contributed by atoms with Crippen molar-refractivity contribution in [2.45, 2.75) is 39.5 Å². The van der Waals surface area contributed by atoms with Crippen molar-refractivity contribution in [1.82, 2.24) is 19.5 Å². The normalized spacial score (nSPS) is 17.1. The predicted octanol–water partition coefficient (Wildman–Crippen LogP) is 3.46. The number of hydrogen-bond donors (Lipinski definition) is 4. The van der Waals surface area contributed by atoms with Crippen molar-refractivity contribution < 1.29 is 19.4 Å². The van der Waals surface area contributed by atoms with E-state index in [1.807, 2.05) is 13.8 Å². The Morgan fingerprint density at radius 1 is 1.20 bits per heavy atom. The summed E-state index contributed by atoms with van der Waals surface area (Å²) in [5.74, 6) is -0.808. The molecule has 5 rings (SSSR count). The highest BCUT2D eigenvalue weighted by Crippen LogP contribution is 2.36. The van der Waals surface area contributed by atoms with Crippen molar-refractivity contribution in [2.75, 3.05) is 23.3 Å². The van der Waals surface area contributed by atoms with Crippen LogP contribution in [0.25, 0.3) is 22.2 Å². The van der Waals surface area contributed by atoms with Gasteiger partial charge in [0.2, 0.25) is 5.91 Å². The van der Waals surface area contributed by atoms with Gasteiger partial charge in [-0.15, -0.1) is 0 Å². The van der Waals surface area contributed by atoms with Gasteiger partial charge in [-0.25, -0.2) is 9.97 Å². The third-order valence-corrected chi connectivity index (χ3v) is 7.25. The van der Waals surface area contributed by atoms with Crippen LogP contribution in [-0.4, -0.2) is 61.7 Å². The third kappa shape index (κ3) is 5.71. The van der Waals surface area contributed by atoms with Crippen LogP contribution >= 0.6 is 23.2 Å². The quantitative estimate of drug-likeness (QED) is 0.261. The fourth-order valence-corrected chi connectivity index (χ4v) is 5.36. The Morgan fingerprint density at radius 2 is 1.90 bits per heavy atom. The first-order valence-electron chi connectivity index (χ1n) is 12.7. The maximum Gasteiger partial charge on any atom is 0.261 e. The van der Waals surface area contributed by atoms with Crippen LogP contribution in [0.1, 0.15) is 30.0 Å². The number of nitrogens with two attached hydrogens (primary N) is 1. The van der Waals surface area contributed by atoms with Crippen LogP contribution in [0.15, 0.2) is 35.4 Å². The van der Waals surface area contributed by atoms with E-state index in [0.29, 0.717) is 41.5 Å². The zero-order chi connectivity index (χ0) is 29.6. The zero-order valence-corrected chi connectivity index (χ0v) is 23.9. The van der Waals surface area contributed by atoms with Gasteiger partial charge in [0.1, 0.15) is 29.6 Å². The Hall–Kier alpha value is -4.13. The van der Waals surface area contributed by atoms with Crippen molar-refractivity contribution in [1.29, 1.82) is 0 Å². The number of fused-ring (bicyclic) bond motifs is 1. The molecular formula is C27H27Cl2N7O5. The van der Waals surface area contributed by atoms with E-state index in [-0.39, 0.29) is 45.4 Å². The number of carbonyl (C=O) groups is 2. The lowest BCUT2D eigenvalue weighted by molar-refractivity contribution is -0.116. The van der Waals surface area contributed by atoms with Gasteiger partial charge in [-0.1, -0.05) is 23.2 Å². The van der Waals surface area contributed by atoms with Gasteiger partial charge in [-0.05, 0) is 38.5 Å². The molecule has 1 aliphatic rings. The average molecular weight is 600 g/mol. The summed E-state index contributed by atoms with van der Waals surface area (Å²) in [5.41, 5.74) is 6.01. The molecule has 4 heterocycles. The highest BCUT2D eigenvalue weighted by molar-refractivity contribution is 6.34. The summed E-state index contributed by atoms with van der Waals surface area (Å²) in [5, 5.41) is 13.3. The fraction of sp³-hybridized carbons (Fsp3) is 0.296. The maximum atomic E-state index is 13.3. The first kappa shape index (κ1) is 28.4. The van der Waals surface area contributed by atoms with E-state index in [1.165, 1.54) is 22.9 Å². The molecule has 0 spiro atoms. The van der Waals surface area contributed by atoms with Gasteiger partial charge in [0.15, 0.2) is 0 Å². The molecule has 0 saturated carbocycles. The topological polar surface area (TPSA) is 168 Å². The molecule has 1 aromatic carbocycles. The van der Waals surface area contributed by atoms with E-state index in [1.54, 1.807) is 19.2 Å². The van der Waals surface area contributed by atoms with E-state index in [2.05, 4.69) is 25.2 Å². The number of rotatable bonds is 6. The smallest absolute Gasteiger partial charge is 0.261 e. The molecule has 3 aromatic heterocycles. The molecule has 2 atom stereocenters. The van der Waals surface area contributed by atoms with Gasteiger partial charge in [0.25, 0.3) is 11.5 Å². The number of nitrogens with one attached hydrogen (secondary N) is 2. The Bertz CT molecular complexity index is 1740. The first-order chi connectivity index (χ1) is 19.4. The molecule has 41 heavy (non-hydrogen) atoms. The molecule has 14 heteroatoms. The lowest BCUT2D eigenvalue weighted by atomic mass is 10.0. The molecule has 0 bridgehead atoms. The standard InChI is InChI=1S/C27H27Cl2N7O5/c1-12-8-35(9-13(2)41-12)21-6-20(19(29)7-31-21)34-22(37)11-36-10-17(23-26(36)32-14(3)33-27(23)40)15-4-16(25(30)39)24(38)18(28)5-15/h4-7,10,12-13,38H,8-9,11H2,1-3H3,(H2,30,39)(H,31,34,37)(H,32,33,40)/t12-,13+. The van der Waals surface area contributed by atoms with Crippen LogP contribution in [0.3, 0.4) is 0 Å². The van der Waals surface area contributed by atoms with E-state index in [4.69, 9.17) is 33.7 Å². The third-order valence-electron chi connectivity index (χ3n) is 6.66.